The average Bonchev–Trinajstić information content (AvgIpc) is 2.76. The zero-order valence-electron chi connectivity index (χ0n) is 19.0. The Morgan fingerprint density at radius 2 is 1.44 bits per heavy atom. The first-order valence-corrected chi connectivity index (χ1v) is 11.7. The van der Waals surface area contributed by atoms with Crippen molar-refractivity contribution in [2.75, 3.05) is 23.3 Å². The summed E-state index contributed by atoms with van der Waals surface area (Å²) in [6, 6.07) is 17.2. The van der Waals surface area contributed by atoms with Crippen LogP contribution in [0.4, 0.5) is 11.4 Å². The molecule has 0 aromatic heterocycles. The van der Waals surface area contributed by atoms with Crippen molar-refractivity contribution in [1.29, 1.82) is 0 Å². The van der Waals surface area contributed by atoms with Crippen molar-refractivity contribution in [2.45, 2.75) is 32.6 Å². The van der Waals surface area contributed by atoms with E-state index in [9.17, 15) is 13.2 Å². The normalized spacial score (nSPS) is 11.2. The molecule has 0 fully saturated rings. The van der Waals surface area contributed by atoms with Crippen molar-refractivity contribution in [3.05, 3.63) is 82.9 Å². The van der Waals surface area contributed by atoms with Crippen LogP contribution in [0.25, 0.3) is 0 Å². The van der Waals surface area contributed by atoms with Crippen LogP contribution in [0.1, 0.15) is 22.3 Å². The number of nitrogens with one attached hydrogen (secondary N) is 1. The summed E-state index contributed by atoms with van der Waals surface area (Å²) >= 11 is 0. The average molecular weight is 453 g/mol. The second kappa shape index (κ2) is 9.44. The number of carbonyl (C=O) groups excluding carboxylic acids is 1. The summed E-state index contributed by atoms with van der Waals surface area (Å²) in [5.74, 6) is 0.207. The maximum Gasteiger partial charge on any atom is 0.264 e. The molecule has 0 aliphatic heterocycles. The smallest absolute Gasteiger partial charge is 0.264 e. The van der Waals surface area contributed by atoms with Crippen molar-refractivity contribution in [1.82, 2.24) is 0 Å². The lowest BCUT2D eigenvalue weighted by Gasteiger charge is -2.19. The van der Waals surface area contributed by atoms with Crippen LogP contribution in [0.5, 0.6) is 5.75 Å². The van der Waals surface area contributed by atoms with Gasteiger partial charge in [0.2, 0.25) is 0 Å². The highest BCUT2D eigenvalue weighted by molar-refractivity contribution is 7.92. The van der Waals surface area contributed by atoms with Crippen molar-refractivity contribution in [2.24, 2.45) is 0 Å². The van der Waals surface area contributed by atoms with Gasteiger partial charge < -0.3 is 9.64 Å². The summed E-state index contributed by atoms with van der Waals surface area (Å²) in [4.78, 5) is 14.1. The van der Waals surface area contributed by atoms with E-state index in [1.54, 1.807) is 24.1 Å². The second-order valence-corrected chi connectivity index (χ2v) is 9.57. The van der Waals surface area contributed by atoms with E-state index in [0.717, 1.165) is 27.9 Å². The molecule has 0 saturated carbocycles. The van der Waals surface area contributed by atoms with Crippen LogP contribution in [0.3, 0.4) is 0 Å². The Hall–Kier alpha value is -3.32. The third-order valence-corrected chi connectivity index (χ3v) is 6.90. The van der Waals surface area contributed by atoms with Gasteiger partial charge in [0.05, 0.1) is 4.90 Å². The van der Waals surface area contributed by atoms with Crippen molar-refractivity contribution in [3.63, 3.8) is 0 Å². The molecule has 1 amide bonds. The Bertz CT molecular complexity index is 1240. The quantitative estimate of drug-likeness (QED) is 0.561. The number of ether oxygens (including phenoxy) is 1. The van der Waals surface area contributed by atoms with Crippen molar-refractivity contribution in [3.8, 4) is 5.75 Å². The third-order valence-electron chi connectivity index (χ3n) is 5.51. The van der Waals surface area contributed by atoms with Crippen LogP contribution >= 0.6 is 0 Å². The lowest BCUT2D eigenvalue weighted by atomic mass is 10.1. The number of carbonyl (C=O) groups is 1. The second-order valence-electron chi connectivity index (χ2n) is 7.89. The molecule has 7 heteroatoms. The summed E-state index contributed by atoms with van der Waals surface area (Å²) < 4.78 is 33.5. The van der Waals surface area contributed by atoms with Crippen LogP contribution in [0.15, 0.2) is 65.6 Å². The molecule has 6 nitrogen and oxygen atoms in total. The molecule has 0 heterocycles. The minimum absolute atomic E-state index is 0.113. The fraction of sp³-hybridized carbons (Fsp3) is 0.240. The molecule has 32 heavy (non-hydrogen) atoms. The molecule has 0 spiro atoms. The van der Waals surface area contributed by atoms with Gasteiger partial charge in [0.1, 0.15) is 5.75 Å². The molecular weight excluding hydrogens is 424 g/mol. The molecule has 0 aliphatic carbocycles. The van der Waals surface area contributed by atoms with E-state index < -0.39 is 10.0 Å². The molecule has 3 aromatic rings. The fourth-order valence-corrected chi connectivity index (χ4v) is 4.10. The van der Waals surface area contributed by atoms with Crippen LogP contribution in [0.2, 0.25) is 0 Å². The molecule has 0 aliphatic rings. The highest BCUT2D eigenvalue weighted by atomic mass is 32.2. The number of sulfonamides is 1. The van der Waals surface area contributed by atoms with Gasteiger partial charge in [-0.1, -0.05) is 12.1 Å². The Kier molecular flexibility index (Phi) is 6.89. The topological polar surface area (TPSA) is 75.7 Å². The van der Waals surface area contributed by atoms with E-state index in [4.69, 9.17) is 4.74 Å². The van der Waals surface area contributed by atoms with E-state index in [1.165, 1.54) is 24.3 Å². The number of likely N-dealkylation sites (N-methyl/N-ethyl adjacent to an activating group) is 1. The lowest BCUT2D eigenvalue weighted by Crippen LogP contribution is -2.31. The van der Waals surface area contributed by atoms with Crippen LogP contribution in [0, 0.1) is 27.7 Å². The number of benzene rings is 3. The van der Waals surface area contributed by atoms with Crippen LogP contribution < -0.4 is 14.4 Å². The Morgan fingerprint density at radius 1 is 0.844 bits per heavy atom. The summed E-state index contributed by atoms with van der Waals surface area (Å²) in [5.41, 5.74) is 5.66. The summed E-state index contributed by atoms with van der Waals surface area (Å²) in [5, 5.41) is 0. The Labute approximate surface area is 189 Å². The summed E-state index contributed by atoms with van der Waals surface area (Å²) in [6.45, 7) is 7.76. The van der Waals surface area contributed by atoms with Crippen LogP contribution in [-0.2, 0) is 14.8 Å². The zero-order valence-corrected chi connectivity index (χ0v) is 19.8. The molecular formula is C25H28N2O4S. The largest absolute Gasteiger partial charge is 0.484 e. The molecule has 0 radical (unpaired) electrons. The number of hydrogen-bond acceptors (Lipinski definition) is 4. The predicted octanol–water partition coefficient (Wildman–Crippen LogP) is 4.76. The maximum absolute atomic E-state index is 12.7. The first-order valence-electron chi connectivity index (χ1n) is 10.2. The zero-order chi connectivity index (χ0) is 23.5. The van der Waals surface area contributed by atoms with E-state index in [-0.39, 0.29) is 17.4 Å². The molecule has 1 N–H and O–H groups in total. The number of nitrogens with zero attached hydrogens (tertiary/aromatic N) is 1. The number of aryl methyl sites for hydroxylation is 4. The molecule has 3 aromatic carbocycles. The minimum Gasteiger partial charge on any atom is -0.484 e. The highest BCUT2D eigenvalue weighted by Gasteiger charge is 2.16. The predicted molar refractivity (Wildman–Crippen MR) is 128 cm³/mol. The van der Waals surface area contributed by atoms with Gasteiger partial charge in [0.15, 0.2) is 6.61 Å². The minimum atomic E-state index is -3.73. The van der Waals surface area contributed by atoms with Gasteiger partial charge in [0.25, 0.3) is 15.9 Å². The lowest BCUT2D eigenvalue weighted by molar-refractivity contribution is -0.120. The van der Waals surface area contributed by atoms with Gasteiger partial charge >= 0.3 is 0 Å². The van der Waals surface area contributed by atoms with Gasteiger partial charge in [-0.3, -0.25) is 9.52 Å². The van der Waals surface area contributed by atoms with Crippen LogP contribution in [-0.4, -0.2) is 28.0 Å². The van der Waals surface area contributed by atoms with Gasteiger partial charge in [-0.2, -0.15) is 0 Å². The number of amides is 1. The van der Waals surface area contributed by atoms with Gasteiger partial charge in [-0.25, -0.2) is 8.42 Å². The summed E-state index contributed by atoms with van der Waals surface area (Å²) in [7, 11) is -2.03. The maximum atomic E-state index is 12.7. The monoisotopic (exact) mass is 452 g/mol. The molecule has 3 rings (SSSR count). The van der Waals surface area contributed by atoms with Gasteiger partial charge in [-0.05, 0) is 98.5 Å². The van der Waals surface area contributed by atoms with Gasteiger partial charge in [0, 0.05) is 18.4 Å². The number of rotatable bonds is 7. The van der Waals surface area contributed by atoms with Crippen molar-refractivity contribution < 1.29 is 17.9 Å². The van der Waals surface area contributed by atoms with Gasteiger partial charge in [-0.15, -0.1) is 0 Å². The van der Waals surface area contributed by atoms with Crippen molar-refractivity contribution >= 4 is 27.3 Å². The van der Waals surface area contributed by atoms with E-state index >= 15 is 0 Å². The first-order chi connectivity index (χ1) is 15.1. The summed E-state index contributed by atoms with van der Waals surface area (Å²) in [6.07, 6.45) is 0. The Balaban J connectivity index is 1.62. The number of anilines is 2. The Morgan fingerprint density at radius 3 is 2.03 bits per heavy atom. The molecule has 0 unspecified atom stereocenters. The molecule has 168 valence electrons. The standard InChI is InChI=1S/C25H28N2O4S/c1-17-6-8-21(14-19(17)3)26-32(29,30)24-12-10-23(11-13-24)31-16-25(28)27(5)22-9-7-18(2)20(4)15-22/h6-15,26H,16H2,1-5H3. The van der Waals surface area contributed by atoms with E-state index in [2.05, 4.69) is 4.72 Å². The third kappa shape index (κ3) is 5.48. The highest BCUT2D eigenvalue weighted by Crippen LogP contribution is 2.22. The number of hydrogen-bond donors (Lipinski definition) is 1. The molecule has 0 saturated heterocycles. The van der Waals surface area contributed by atoms with E-state index in [0.29, 0.717) is 11.4 Å². The fourth-order valence-electron chi connectivity index (χ4n) is 3.05. The van der Waals surface area contributed by atoms with E-state index in [1.807, 2.05) is 52.0 Å². The molecule has 0 bridgehead atoms. The molecule has 0 atom stereocenters. The SMILES string of the molecule is Cc1ccc(NS(=O)(=O)c2ccc(OCC(=O)N(C)c3ccc(C)c(C)c3)cc2)cc1C. The first kappa shape index (κ1) is 23.3.